The summed E-state index contributed by atoms with van der Waals surface area (Å²) < 4.78 is 8.41. The first-order valence-electron chi connectivity index (χ1n) is 6.39. The van der Waals surface area contributed by atoms with E-state index in [9.17, 15) is 14.4 Å². The maximum absolute atomic E-state index is 11.1. The zero-order chi connectivity index (χ0) is 16.5. The molecule has 0 unspecified atom stereocenters. The van der Waals surface area contributed by atoms with E-state index in [1.807, 2.05) is 13.8 Å². The molecule has 0 saturated carbocycles. The van der Waals surface area contributed by atoms with Gasteiger partial charge in [-0.3, -0.25) is 4.79 Å². The Morgan fingerprint density at radius 3 is 2.24 bits per heavy atom. The predicted molar refractivity (Wildman–Crippen MR) is 73.0 cm³/mol. The van der Waals surface area contributed by atoms with Crippen molar-refractivity contribution >= 4 is 18.4 Å². The van der Waals surface area contributed by atoms with Crippen molar-refractivity contribution in [3.05, 3.63) is 12.3 Å². The Morgan fingerprint density at radius 2 is 1.71 bits per heavy atom. The molecule has 0 aliphatic rings. The molecule has 0 heterocycles. The fourth-order valence-electron chi connectivity index (χ4n) is 1.80. The fraction of sp³-hybridized carbons (Fsp3) is 0.643. The number of hydrogen-bond donors (Lipinski definition) is 0. The molecule has 0 spiro atoms. The van der Waals surface area contributed by atoms with E-state index in [0.29, 0.717) is 6.29 Å². The van der Waals surface area contributed by atoms with Crippen LogP contribution in [0.1, 0.15) is 41.0 Å². The Labute approximate surface area is 124 Å². The van der Waals surface area contributed by atoms with E-state index < -0.39 is 24.3 Å². The monoisotopic (exact) mass is 302 g/mol. The van der Waals surface area contributed by atoms with Crippen molar-refractivity contribution in [3.63, 3.8) is 0 Å². The van der Waals surface area contributed by atoms with E-state index in [2.05, 4.69) is 30.2 Å². The van der Waals surface area contributed by atoms with Crippen LogP contribution in [0.3, 0.4) is 0 Å². The molecule has 0 aliphatic heterocycles. The average molecular weight is 302 g/mol. The van der Waals surface area contributed by atoms with Crippen molar-refractivity contribution in [2.75, 3.05) is 6.61 Å². The lowest BCUT2D eigenvalue weighted by Gasteiger charge is -2.30. The highest BCUT2D eigenvalue weighted by atomic mass is 17.2. The van der Waals surface area contributed by atoms with Crippen molar-refractivity contribution < 1.29 is 33.6 Å². The van der Waals surface area contributed by atoms with Crippen molar-refractivity contribution in [1.29, 1.82) is 0 Å². The third-order valence-corrected chi connectivity index (χ3v) is 1.94. The van der Waals surface area contributed by atoms with Crippen LogP contribution in [0.2, 0.25) is 0 Å². The summed E-state index contributed by atoms with van der Waals surface area (Å²) in [5.41, 5.74) is -0.493. The van der Waals surface area contributed by atoms with Gasteiger partial charge in [0, 0.05) is 0 Å². The van der Waals surface area contributed by atoms with Crippen LogP contribution in [0.5, 0.6) is 0 Å². The minimum atomic E-state index is -1.26. The van der Waals surface area contributed by atoms with Crippen LogP contribution in [0.25, 0.3) is 0 Å². The molecule has 0 saturated heterocycles. The maximum atomic E-state index is 11.1. The lowest BCUT2D eigenvalue weighted by Crippen LogP contribution is -2.29. The summed E-state index contributed by atoms with van der Waals surface area (Å²) >= 11 is 0. The number of rotatable bonds is 7. The number of carbonyl (C=O) groups is 3. The summed E-state index contributed by atoms with van der Waals surface area (Å²) in [6, 6.07) is 0. The van der Waals surface area contributed by atoms with Crippen LogP contribution >= 0.6 is 0 Å². The average Bonchev–Trinajstić information content (AvgIpc) is 2.29. The molecular weight excluding hydrogens is 280 g/mol. The normalized spacial score (nSPS) is 12.0. The summed E-state index contributed by atoms with van der Waals surface area (Å²) in [5, 5.41) is 0. The van der Waals surface area contributed by atoms with Gasteiger partial charge in [0.1, 0.15) is 11.9 Å². The largest absolute Gasteiger partial charge is 0.516 e. The van der Waals surface area contributed by atoms with Gasteiger partial charge in [0.25, 0.3) is 0 Å². The molecule has 0 aliphatic carbocycles. The topological polar surface area (TPSA) is 88.1 Å². The SMILES string of the molecule is CC(C)(C)CC(C)(C)OOC=CC(=O)OC(=O)OCC=O. The minimum Gasteiger partial charge on any atom is -0.426 e. The van der Waals surface area contributed by atoms with Crippen LogP contribution in [-0.4, -0.2) is 30.6 Å². The molecule has 0 aromatic rings. The van der Waals surface area contributed by atoms with Gasteiger partial charge in [-0.05, 0) is 25.7 Å². The van der Waals surface area contributed by atoms with Gasteiger partial charge in [-0.2, -0.15) is 4.89 Å². The Bertz CT molecular complexity index is 391. The fourth-order valence-corrected chi connectivity index (χ4v) is 1.80. The first kappa shape index (κ1) is 19.1. The molecule has 0 bridgehead atoms. The first-order valence-corrected chi connectivity index (χ1v) is 6.39. The highest BCUT2D eigenvalue weighted by Crippen LogP contribution is 2.29. The molecule has 0 rings (SSSR count). The number of esters is 1. The smallest absolute Gasteiger partial charge is 0.426 e. The molecule has 0 atom stereocenters. The molecule has 120 valence electrons. The van der Waals surface area contributed by atoms with E-state index in [4.69, 9.17) is 9.78 Å². The van der Waals surface area contributed by atoms with Gasteiger partial charge in [-0.1, -0.05) is 20.8 Å². The molecular formula is C14H22O7. The molecule has 0 fully saturated rings. The van der Waals surface area contributed by atoms with Gasteiger partial charge in [0.2, 0.25) is 0 Å². The first-order chi connectivity index (χ1) is 9.56. The van der Waals surface area contributed by atoms with E-state index >= 15 is 0 Å². The molecule has 21 heavy (non-hydrogen) atoms. The number of hydrogen-bond acceptors (Lipinski definition) is 7. The van der Waals surface area contributed by atoms with Crippen LogP contribution in [0, 0.1) is 5.41 Å². The number of carbonyl (C=O) groups excluding carboxylic acids is 3. The van der Waals surface area contributed by atoms with Crippen LogP contribution in [-0.2, 0) is 28.8 Å². The lowest BCUT2D eigenvalue weighted by atomic mass is 9.84. The van der Waals surface area contributed by atoms with Gasteiger partial charge in [-0.15, -0.1) is 0 Å². The second kappa shape index (κ2) is 8.41. The summed E-state index contributed by atoms with van der Waals surface area (Å²) in [5.74, 6) is -0.997. The van der Waals surface area contributed by atoms with Gasteiger partial charge >= 0.3 is 12.1 Å². The van der Waals surface area contributed by atoms with E-state index in [-0.39, 0.29) is 5.41 Å². The van der Waals surface area contributed by atoms with E-state index in [0.717, 1.165) is 18.8 Å². The standard InChI is InChI=1S/C14H22O7/c1-13(2,3)10-14(4,5)21-19-8-6-11(16)20-12(17)18-9-7-15/h6-8H,9-10H2,1-5H3. The molecule has 0 amide bonds. The van der Waals surface area contributed by atoms with E-state index in [1.54, 1.807) is 0 Å². The molecule has 0 aromatic carbocycles. The summed E-state index contributed by atoms with van der Waals surface area (Å²) in [4.78, 5) is 41.9. The van der Waals surface area contributed by atoms with Gasteiger partial charge in [-0.25, -0.2) is 9.59 Å². The lowest BCUT2D eigenvalue weighted by molar-refractivity contribution is -0.321. The molecule has 7 nitrogen and oxygen atoms in total. The van der Waals surface area contributed by atoms with Crippen LogP contribution in [0.15, 0.2) is 12.3 Å². The minimum absolute atomic E-state index is 0.0534. The second-order valence-corrected chi connectivity index (χ2v) is 6.13. The quantitative estimate of drug-likeness (QED) is 0.136. The van der Waals surface area contributed by atoms with Crippen molar-refractivity contribution in [2.24, 2.45) is 5.41 Å². The van der Waals surface area contributed by atoms with E-state index in [1.165, 1.54) is 0 Å². The summed E-state index contributed by atoms with van der Waals surface area (Å²) in [7, 11) is 0. The zero-order valence-electron chi connectivity index (χ0n) is 13.0. The van der Waals surface area contributed by atoms with Crippen LogP contribution in [0.4, 0.5) is 4.79 Å². The van der Waals surface area contributed by atoms with Crippen molar-refractivity contribution in [2.45, 2.75) is 46.6 Å². The third kappa shape index (κ3) is 11.6. The maximum Gasteiger partial charge on any atom is 0.516 e. The van der Waals surface area contributed by atoms with Gasteiger partial charge in [0.05, 0.1) is 6.08 Å². The van der Waals surface area contributed by atoms with Crippen LogP contribution < -0.4 is 0 Å². The highest BCUT2D eigenvalue weighted by molar-refractivity contribution is 5.89. The third-order valence-electron chi connectivity index (χ3n) is 1.94. The summed E-state index contributed by atoms with van der Waals surface area (Å²) in [6.45, 7) is 9.42. The highest BCUT2D eigenvalue weighted by Gasteiger charge is 2.27. The molecule has 7 heteroatoms. The molecule has 0 N–H and O–H groups in total. The molecule has 0 aromatic heterocycles. The van der Waals surface area contributed by atoms with Gasteiger partial charge < -0.3 is 14.4 Å². The van der Waals surface area contributed by atoms with Crippen molar-refractivity contribution in [3.8, 4) is 0 Å². The number of ether oxygens (including phenoxy) is 2. The Hall–Kier alpha value is -1.89. The second-order valence-electron chi connectivity index (χ2n) is 6.13. The number of aldehydes is 1. The Kier molecular flexibility index (Phi) is 7.65. The predicted octanol–water partition coefficient (Wildman–Crippen LogP) is 2.54. The Morgan fingerprint density at radius 1 is 1.10 bits per heavy atom. The van der Waals surface area contributed by atoms with Gasteiger partial charge in [0.15, 0.2) is 12.9 Å². The molecule has 0 radical (unpaired) electrons. The summed E-state index contributed by atoms with van der Waals surface area (Å²) in [6.07, 6.45) is 1.65. The van der Waals surface area contributed by atoms with Crippen molar-refractivity contribution in [1.82, 2.24) is 0 Å². The zero-order valence-corrected chi connectivity index (χ0v) is 13.0. The Balaban J connectivity index is 4.08.